The van der Waals surface area contributed by atoms with Gasteiger partial charge < -0.3 is 29.7 Å². The lowest BCUT2D eigenvalue weighted by Gasteiger charge is -2.20. The fraction of sp³-hybridized carbons (Fsp3) is 0.696. The number of hydrogen-bond donors (Lipinski definition) is 4. The lowest BCUT2D eigenvalue weighted by molar-refractivity contribution is -0.161. The van der Waals surface area contributed by atoms with Gasteiger partial charge in [-0.1, -0.05) is 145 Å². The smallest absolute Gasteiger partial charge is 0.462 e. The van der Waals surface area contributed by atoms with Crippen molar-refractivity contribution in [3.05, 3.63) is 72.9 Å². The van der Waals surface area contributed by atoms with E-state index in [-0.39, 0.29) is 25.6 Å². The highest BCUT2D eigenvalue weighted by Crippen LogP contribution is 2.43. The van der Waals surface area contributed by atoms with E-state index in [0.717, 1.165) is 77.0 Å². The third-order valence-electron chi connectivity index (χ3n) is 8.90. The number of phosphoric ester groups is 1. The van der Waals surface area contributed by atoms with Crippen molar-refractivity contribution in [1.29, 1.82) is 0 Å². The summed E-state index contributed by atoms with van der Waals surface area (Å²) in [5, 5.41) is 28.1. The van der Waals surface area contributed by atoms with Crippen molar-refractivity contribution in [3.63, 3.8) is 0 Å². The molecule has 0 heterocycles. The molecule has 0 saturated carbocycles. The molecule has 0 fully saturated rings. The Morgan fingerprint density at radius 3 is 1.64 bits per heavy atom. The summed E-state index contributed by atoms with van der Waals surface area (Å²) in [5.74, 6) is -1.03. The molecule has 1 unspecified atom stereocenters. The van der Waals surface area contributed by atoms with Gasteiger partial charge in [0.05, 0.1) is 25.9 Å². The number of esters is 2. The summed E-state index contributed by atoms with van der Waals surface area (Å²) in [5.41, 5.74) is 0. The van der Waals surface area contributed by atoms with E-state index in [2.05, 4.69) is 67.0 Å². The molecule has 0 aromatic rings. The molecule has 4 atom stereocenters. The van der Waals surface area contributed by atoms with Crippen LogP contribution in [0.4, 0.5) is 0 Å². The maximum atomic E-state index is 12.6. The van der Waals surface area contributed by atoms with Gasteiger partial charge in [-0.05, 0) is 77.0 Å². The predicted molar refractivity (Wildman–Crippen MR) is 234 cm³/mol. The second kappa shape index (κ2) is 41.1. The molecule has 0 aromatic carbocycles. The van der Waals surface area contributed by atoms with Crippen LogP contribution in [0.3, 0.4) is 0 Å². The molecule has 0 bridgehead atoms. The maximum Gasteiger partial charge on any atom is 0.472 e. The summed E-state index contributed by atoms with van der Waals surface area (Å²) in [4.78, 5) is 35.0. The molecule has 12 heteroatoms. The van der Waals surface area contributed by atoms with Crippen LogP contribution in [-0.4, -0.2) is 76.9 Å². The van der Waals surface area contributed by atoms with Crippen LogP contribution >= 0.6 is 7.82 Å². The molecule has 334 valence electrons. The van der Waals surface area contributed by atoms with Gasteiger partial charge >= 0.3 is 19.8 Å². The molecular weight excluding hydrogens is 759 g/mol. The lowest BCUT2D eigenvalue weighted by Crippen LogP contribution is -2.29. The SMILES string of the molecule is CCCCC/C=C\C/C=C\CCCCCCCCCC(=O)O[C@H](COC(=O)CCC/C=C\C/C=C\C/C=C\C/C=C\[C@@H](O)CCCC)COP(=O)(O)OC[C@@H](O)CO. The first-order valence-corrected chi connectivity index (χ1v) is 23.5. The summed E-state index contributed by atoms with van der Waals surface area (Å²) in [6, 6.07) is 0. The number of hydrogen-bond acceptors (Lipinski definition) is 10. The van der Waals surface area contributed by atoms with E-state index in [0.29, 0.717) is 19.3 Å². The minimum absolute atomic E-state index is 0.144. The van der Waals surface area contributed by atoms with E-state index < -0.39 is 51.8 Å². The monoisotopic (exact) mass is 839 g/mol. The third kappa shape index (κ3) is 40.2. The summed E-state index contributed by atoms with van der Waals surface area (Å²) >= 11 is 0. The van der Waals surface area contributed by atoms with Crippen LogP contribution in [0, 0.1) is 0 Å². The average molecular weight is 839 g/mol. The Bertz CT molecular complexity index is 1210. The fourth-order valence-corrected chi connectivity index (χ4v) is 6.23. The number of unbranched alkanes of at least 4 members (excludes halogenated alkanes) is 12. The number of rotatable bonds is 40. The molecule has 0 aromatic heterocycles. The summed E-state index contributed by atoms with van der Waals surface area (Å²) in [7, 11) is -4.65. The summed E-state index contributed by atoms with van der Waals surface area (Å²) < 4.78 is 32.6. The van der Waals surface area contributed by atoms with Crippen LogP contribution in [0.5, 0.6) is 0 Å². The third-order valence-corrected chi connectivity index (χ3v) is 9.85. The Balaban J connectivity index is 4.43. The molecule has 0 saturated heterocycles. The van der Waals surface area contributed by atoms with Crippen molar-refractivity contribution in [2.75, 3.05) is 26.4 Å². The van der Waals surface area contributed by atoms with Crippen LogP contribution in [-0.2, 0) is 32.7 Å². The zero-order valence-electron chi connectivity index (χ0n) is 35.8. The summed E-state index contributed by atoms with van der Waals surface area (Å²) in [6.07, 6.45) is 43.4. The minimum Gasteiger partial charge on any atom is -0.462 e. The van der Waals surface area contributed by atoms with Gasteiger partial charge in [0.15, 0.2) is 6.10 Å². The van der Waals surface area contributed by atoms with Gasteiger partial charge in [-0.25, -0.2) is 4.57 Å². The van der Waals surface area contributed by atoms with E-state index >= 15 is 0 Å². The Kier molecular flexibility index (Phi) is 39.3. The number of ether oxygens (including phenoxy) is 2. The molecule has 0 amide bonds. The fourth-order valence-electron chi connectivity index (χ4n) is 5.44. The van der Waals surface area contributed by atoms with Crippen molar-refractivity contribution < 1.29 is 52.9 Å². The van der Waals surface area contributed by atoms with Gasteiger partial charge in [0, 0.05) is 12.8 Å². The quantitative estimate of drug-likeness (QED) is 0.0200. The van der Waals surface area contributed by atoms with E-state index in [1.165, 1.54) is 38.5 Å². The molecule has 0 aliphatic rings. The largest absolute Gasteiger partial charge is 0.472 e. The molecular formula is C46H79O11P. The highest BCUT2D eigenvalue weighted by Gasteiger charge is 2.27. The highest BCUT2D eigenvalue weighted by atomic mass is 31.2. The second-order valence-electron chi connectivity index (χ2n) is 14.5. The molecule has 4 N–H and O–H groups in total. The number of aliphatic hydroxyl groups is 3. The first kappa shape index (κ1) is 55.4. The van der Waals surface area contributed by atoms with Crippen molar-refractivity contribution in [2.24, 2.45) is 0 Å². The van der Waals surface area contributed by atoms with Gasteiger partial charge in [0.1, 0.15) is 12.7 Å². The molecule has 58 heavy (non-hydrogen) atoms. The van der Waals surface area contributed by atoms with Crippen LogP contribution in [0.1, 0.15) is 162 Å². The van der Waals surface area contributed by atoms with Crippen LogP contribution < -0.4 is 0 Å². The Hall–Kier alpha value is -2.63. The van der Waals surface area contributed by atoms with Crippen molar-refractivity contribution >= 4 is 19.8 Å². The van der Waals surface area contributed by atoms with E-state index in [4.69, 9.17) is 19.1 Å². The van der Waals surface area contributed by atoms with Crippen LogP contribution in [0.25, 0.3) is 0 Å². The Morgan fingerprint density at radius 2 is 1.05 bits per heavy atom. The zero-order valence-corrected chi connectivity index (χ0v) is 36.7. The zero-order chi connectivity index (χ0) is 42.8. The topological polar surface area (TPSA) is 169 Å². The normalized spacial score (nSPS) is 15.1. The number of allylic oxidation sites excluding steroid dienone is 11. The number of phosphoric acid groups is 1. The van der Waals surface area contributed by atoms with Crippen LogP contribution in [0.2, 0.25) is 0 Å². The molecule has 0 spiro atoms. The molecule has 0 aliphatic carbocycles. The number of carbonyl (C=O) groups is 2. The number of aliphatic hydroxyl groups excluding tert-OH is 3. The lowest BCUT2D eigenvalue weighted by atomic mass is 10.1. The van der Waals surface area contributed by atoms with Gasteiger partial charge in [-0.3, -0.25) is 18.6 Å². The first-order chi connectivity index (χ1) is 28.1. The standard InChI is InChI=1S/C46H79O11P/c1-3-5-7-8-9-10-11-12-13-14-15-16-21-24-27-30-33-37-46(51)57-44(41-56-58(52,53)55-39-43(49)38-47)40-54-45(50)36-32-29-26-23-20-18-17-19-22-25-28-31-35-42(48)34-6-4-2/h9-10,12-13,17-18,22-23,25-26,31,35,42-44,47-49H,3-8,11,14-16,19-21,24,27-30,32-34,36-41H2,1-2H3,(H,52,53)/b10-9-,13-12-,18-17-,25-22-,26-23-,35-31-/t42-,43-,44+/m0/s1. The second-order valence-corrected chi connectivity index (χ2v) is 16.0. The van der Waals surface area contributed by atoms with Gasteiger partial charge in [-0.2, -0.15) is 0 Å². The van der Waals surface area contributed by atoms with Crippen LogP contribution in [0.15, 0.2) is 72.9 Å². The Labute approximate surface area is 351 Å². The van der Waals surface area contributed by atoms with Crippen molar-refractivity contribution in [3.8, 4) is 0 Å². The van der Waals surface area contributed by atoms with E-state index in [1.807, 2.05) is 24.3 Å². The molecule has 0 aliphatic heterocycles. The maximum absolute atomic E-state index is 12.6. The summed E-state index contributed by atoms with van der Waals surface area (Å²) in [6.45, 7) is 2.10. The van der Waals surface area contributed by atoms with Gasteiger partial charge in [-0.15, -0.1) is 0 Å². The van der Waals surface area contributed by atoms with Crippen molar-refractivity contribution in [2.45, 2.75) is 180 Å². The molecule has 0 radical (unpaired) electrons. The number of carbonyl (C=O) groups excluding carboxylic acids is 2. The highest BCUT2D eigenvalue weighted by molar-refractivity contribution is 7.47. The van der Waals surface area contributed by atoms with E-state index in [9.17, 15) is 29.3 Å². The van der Waals surface area contributed by atoms with E-state index in [1.54, 1.807) is 0 Å². The average Bonchev–Trinajstić information content (AvgIpc) is 3.21. The Morgan fingerprint density at radius 1 is 0.569 bits per heavy atom. The van der Waals surface area contributed by atoms with Gasteiger partial charge in [0.25, 0.3) is 0 Å². The molecule has 11 nitrogen and oxygen atoms in total. The minimum atomic E-state index is -4.65. The molecule has 0 rings (SSSR count). The predicted octanol–water partition coefficient (Wildman–Crippen LogP) is 10.6. The van der Waals surface area contributed by atoms with Gasteiger partial charge in [0.2, 0.25) is 0 Å². The van der Waals surface area contributed by atoms with Crippen molar-refractivity contribution in [1.82, 2.24) is 0 Å². The first-order valence-electron chi connectivity index (χ1n) is 22.0.